The van der Waals surface area contributed by atoms with Gasteiger partial charge in [-0.15, -0.1) is 0 Å². The Morgan fingerprint density at radius 1 is 1.31 bits per heavy atom. The Bertz CT molecular complexity index is 744. The number of rotatable bonds is 5. The van der Waals surface area contributed by atoms with E-state index in [-0.39, 0.29) is 0 Å². The normalized spacial score (nSPS) is 20.8. The standard InChI is InChI=1S/C20H29N5O/c1-15-22-19(23-26-15)14-24(2)18-7-4-11-25(12-9-18)13-17-6-3-5-16-8-10-21-20(16)17/h3,5-6,18,21H,4,7-14H2,1-2H3. The predicted molar refractivity (Wildman–Crippen MR) is 102 cm³/mol. The van der Waals surface area contributed by atoms with E-state index in [0.717, 1.165) is 38.4 Å². The summed E-state index contributed by atoms with van der Waals surface area (Å²) in [4.78, 5) is 9.33. The topological polar surface area (TPSA) is 57.4 Å². The van der Waals surface area contributed by atoms with Crippen LogP contribution in [0.5, 0.6) is 0 Å². The molecule has 0 bridgehead atoms. The lowest BCUT2D eigenvalue weighted by atomic mass is 10.1. The van der Waals surface area contributed by atoms with Crippen molar-refractivity contribution in [3.8, 4) is 0 Å². The summed E-state index contributed by atoms with van der Waals surface area (Å²) in [6.07, 6.45) is 4.82. The number of nitrogens with zero attached hydrogens (tertiary/aromatic N) is 4. The molecule has 4 rings (SSSR count). The molecule has 0 saturated carbocycles. The molecular formula is C20H29N5O. The molecule has 0 aliphatic carbocycles. The number of para-hydroxylation sites is 1. The fourth-order valence-electron chi connectivity index (χ4n) is 4.28. The highest BCUT2D eigenvalue weighted by atomic mass is 16.5. The Kier molecular flexibility index (Phi) is 5.22. The number of likely N-dealkylation sites (tertiary alicyclic amines) is 1. The second-order valence-electron chi connectivity index (χ2n) is 7.63. The van der Waals surface area contributed by atoms with Gasteiger partial charge in [0.15, 0.2) is 5.82 Å². The Morgan fingerprint density at radius 2 is 2.23 bits per heavy atom. The van der Waals surface area contributed by atoms with Gasteiger partial charge in [0.1, 0.15) is 0 Å². The molecular weight excluding hydrogens is 326 g/mol. The zero-order chi connectivity index (χ0) is 17.9. The zero-order valence-electron chi connectivity index (χ0n) is 15.9. The molecule has 0 amide bonds. The molecule has 0 spiro atoms. The number of benzene rings is 1. The van der Waals surface area contributed by atoms with Crippen molar-refractivity contribution >= 4 is 5.69 Å². The van der Waals surface area contributed by atoms with Gasteiger partial charge in [-0.05, 0) is 56.9 Å². The van der Waals surface area contributed by atoms with Crippen molar-refractivity contribution in [3.05, 3.63) is 41.0 Å². The second kappa shape index (κ2) is 7.76. The molecule has 0 radical (unpaired) electrons. The Balaban J connectivity index is 1.34. The van der Waals surface area contributed by atoms with Crippen LogP contribution in [0.2, 0.25) is 0 Å². The van der Waals surface area contributed by atoms with E-state index >= 15 is 0 Å². The Morgan fingerprint density at radius 3 is 3.08 bits per heavy atom. The van der Waals surface area contributed by atoms with Crippen molar-refractivity contribution in [2.24, 2.45) is 0 Å². The van der Waals surface area contributed by atoms with E-state index in [1.54, 1.807) is 0 Å². The lowest BCUT2D eigenvalue weighted by molar-refractivity contribution is 0.200. The van der Waals surface area contributed by atoms with Gasteiger partial charge in [0, 0.05) is 31.7 Å². The van der Waals surface area contributed by atoms with Crippen molar-refractivity contribution in [3.63, 3.8) is 0 Å². The first-order valence-corrected chi connectivity index (χ1v) is 9.75. The van der Waals surface area contributed by atoms with Crippen LogP contribution in [0.25, 0.3) is 0 Å². The summed E-state index contributed by atoms with van der Waals surface area (Å²) in [7, 11) is 2.18. The minimum atomic E-state index is 0.582. The number of hydrogen-bond acceptors (Lipinski definition) is 6. The minimum Gasteiger partial charge on any atom is -0.384 e. The van der Waals surface area contributed by atoms with Gasteiger partial charge >= 0.3 is 0 Å². The van der Waals surface area contributed by atoms with E-state index in [1.807, 2.05) is 6.92 Å². The summed E-state index contributed by atoms with van der Waals surface area (Å²) < 4.78 is 5.10. The molecule has 26 heavy (non-hydrogen) atoms. The van der Waals surface area contributed by atoms with Crippen LogP contribution in [0.15, 0.2) is 22.7 Å². The average molecular weight is 355 g/mol. The Hall–Kier alpha value is -1.92. The van der Waals surface area contributed by atoms with Crippen molar-refractivity contribution < 1.29 is 4.52 Å². The van der Waals surface area contributed by atoms with Crippen LogP contribution < -0.4 is 5.32 Å². The molecule has 2 aromatic rings. The first kappa shape index (κ1) is 17.5. The van der Waals surface area contributed by atoms with Crippen LogP contribution in [-0.4, -0.2) is 52.7 Å². The van der Waals surface area contributed by atoms with Crippen molar-refractivity contribution in [1.82, 2.24) is 19.9 Å². The van der Waals surface area contributed by atoms with Gasteiger partial charge in [0.05, 0.1) is 6.54 Å². The smallest absolute Gasteiger partial charge is 0.223 e. The molecule has 1 N–H and O–H groups in total. The number of nitrogens with one attached hydrogen (secondary N) is 1. The van der Waals surface area contributed by atoms with E-state index in [0.29, 0.717) is 11.9 Å². The fourth-order valence-corrected chi connectivity index (χ4v) is 4.28. The molecule has 3 heterocycles. The average Bonchev–Trinajstić information content (AvgIpc) is 3.20. The van der Waals surface area contributed by atoms with Gasteiger partial charge in [-0.25, -0.2) is 0 Å². The van der Waals surface area contributed by atoms with Gasteiger partial charge in [-0.1, -0.05) is 23.4 Å². The third-order valence-corrected chi connectivity index (χ3v) is 5.70. The summed E-state index contributed by atoms with van der Waals surface area (Å²) >= 11 is 0. The SMILES string of the molecule is Cc1nc(CN(C)C2CCCN(Cc3cccc4c3NCC4)CC2)no1. The van der Waals surface area contributed by atoms with E-state index in [1.165, 1.54) is 42.6 Å². The number of anilines is 1. The minimum absolute atomic E-state index is 0.582. The third kappa shape index (κ3) is 3.91. The van der Waals surface area contributed by atoms with Crippen LogP contribution >= 0.6 is 0 Å². The summed E-state index contributed by atoms with van der Waals surface area (Å²) in [6.45, 7) is 7.05. The van der Waals surface area contributed by atoms with E-state index in [9.17, 15) is 0 Å². The highest BCUT2D eigenvalue weighted by Crippen LogP contribution is 2.28. The van der Waals surface area contributed by atoms with Crippen LogP contribution in [-0.2, 0) is 19.5 Å². The largest absolute Gasteiger partial charge is 0.384 e. The molecule has 2 aliphatic rings. The first-order chi connectivity index (χ1) is 12.7. The molecule has 2 aliphatic heterocycles. The van der Waals surface area contributed by atoms with Gasteiger partial charge < -0.3 is 9.84 Å². The van der Waals surface area contributed by atoms with Crippen LogP contribution in [0.3, 0.4) is 0 Å². The van der Waals surface area contributed by atoms with Crippen molar-refractivity contribution in [2.75, 3.05) is 32.0 Å². The third-order valence-electron chi connectivity index (χ3n) is 5.70. The molecule has 140 valence electrons. The van der Waals surface area contributed by atoms with E-state index in [2.05, 4.69) is 50.5 Å². The summed E-state index contributed by atoms with van der Waals surface area (Å²) in [5, 5.41) is 7.61. The maximum Gasteiger partial charge on any atom is 0.223 e. The second-order valence-corrected chi connectivity index (χ2v) is 7.63. The maximum absolute atomic E-state index is 5.10. The molecule has 1 unspecified atom stereocenters. The highest BCUT2D eigenvalue weighted by molar-refractivity contribution is 5.61. The summed E-state index contributed by atoms with van der Waals surface area (Å²) in [5.74, 6) is 1.43. The molecule has 6 nitrogen and oxygen atoms in total. The monoisotopic (exact) mass is 355 g/mol. The van der Waals surface area contributed by atoms with Crippen LogP contribution in [0.4, 0.5) is 5.69 Å². The summed E-state index contributed by atoms with van der Waals surface area (Å²) in [6, 6.07) is 7.33. The lowest BCUT2D eigenvalue weighted by Gasteiger charge is -2.26. The van der Waals surface area contributed by atoms with Crippen LogP contribution in [0.1, 0.15) is 42.1 Å². The van der Waals surface area contributed by atoms with Gasteiger partial charge in [0.25, 0.3) is 0 Å². The number of aromatic nitrogens is 2. The quantitative estimate of drug-likeness (QED) is 0.890. The van der Waals surface area contributed by atoms with Gasteiger partial charge in [-0.3, -0.25) is 9.80 Å². The number of fused-ring (bicyclic) bond motifs is 1. The zero-order valence-corrected chi connectivity index (χ0v) is 15.9. The maximum atomic E-state index is 5.10. The highest BCUT2D eigenvalue weighted by Gasteiger charge is 2.23. The number of hydrogen-bond donors (Lipinski definition) is 1. The molecule has 1 fully saturated rings. The van der Waals surface area contributed by atoms with E-state index in [4.69, 9.17) is 4.52 Å². The molecule has 1 atom stereocenters. The van der Waals surface area contributed by atoms with Gasteiger partial charge in [0.2, 0.25) is 5.89 Å². The predicted octanol–water partition coefficient (Wildman–Crippen LogP) is 2.83. The molecule has 1 aromatic carbocycles. The molecule has 6 heteroatoms. The van der Waals surface area contributed by atoms with Crippen molar-refractivity contribution in [2.45, 2.75) is 51.7 Å². The molecule has 1 saturated heterocycles. The fraction of sp³-hybridized carbons (Fsp3) is 0.600. The Labute approximate surface area is 155 Å². The number of aryl methyl sites for hydroxylation is 1. The van der Waals surface area contributed by atoms with Gasteiger partial charge in [-0.2, -0.15) is 4.98 Å². The lowest BCUT2D eigenvalue weighted by Crippen LogP contribution is -2.33. The van der Waals surface area contributed by atoms with Crippen molar-refractivity contribution in [1.29, 1.82) is 0 Å². The van der Waals surface area contributed by atoms with Crippen LogP contribution in [0, 0.1) is 6.92 Å². The van der Waals surface area contributed by atoms with E-state index < -0.39 is 0 Å². The summed E-state index contributed by atoms with van der Waals surface area (Å²) in [5.41, 5.74) is 4.32. The first-order valence-electron chi connectivity index (χ1n) is 9.75. The molecule has 1 aromatic heterocycles.